The lowest BCUT2D eigenvalue weighted by atomic mass is 10.2. The number of methoxy groups -OCH3 is 1. The summed E-state index contributed by atoms with van der Waals surface area (Å²) in [5.41, 5.74) is 0.225. The number of ether oxygens (including phenoxy) is 1. The zero-order valence-electron chi connectivity index (χ0n) is 12.2. The molecule has 20 heavy (non-hydrogen) atoms. The highest BCUT2D eigenvalue weighted by Gasteiger charge is 2.14. The number of anilines is 1. The lowest BCUT2D eigenvalue weighted by Crippen LogP contribution is -2.30. The van der Waals surface area contributed by atoms with Gasteiger partial charge in [-0.15, -0.1) is 0 Å². The second-order valence-corrected chi connectivity index (χ2v) is 4.75. The molecule has 0 aliphatic carbocycles. The third kappa shape index (κ3) is 5.13. The predicted octanol–water partition coefficient (Wildman–Crippen LogP) is 2.05. The molecule has 0 saturated carbocycles. The van der Waals surface area contributed by atoms with E-state index in [1.165, 1.54) is 6.07 Å². The Balaban J connectivity index is 2.72. The number of nitrogens with one attached hydrogen (secondary N) is 2. The highest BCUT2D eigenvalue weighted by atomic mass is 19.1. The van der Waals surface area contributed by atoms with Gasteiger partial charge in [-0.3, -0.25) is 4.79 Å². The Morgan fingerprint density at radius 1 is 1.55 bits per heavy atom. The van der Waals surface area contributed by atoms with Crippen molar-refractivity contribution in [2.45, 2.75) is 20.3 Å². The fourth-order valence-corrected chi connectivity index (χ4v) is 1.70. The number of pyridine rings is 1. The maximum atomic E-state index is 13.3. The first-order valence-electron chi connectivity index (χ1n) is 6.75. The van der Waals surface area contributed by atoms with Crippen molar-refractivity contribution in [3.8, 4) is 0 Å². The quantitative estimate of drug-likeness (QED) is 0.766. The van der Waals surface area contributed by atoms with Crippen molar-refractivity contribution in [3.05, 3.63) is 23.6 Å². The van der Waals surface area contributed by atoms with E-state index < -0.39 is 5.82 Å². The molecule has 0 aromatic carbocycles. The normalized spacial score (nSPS) is 12.0. The van der Waals surface area contributed by atoms with Crippen LogP contribution in [0.5, 0.6) is 0 Å². The first-order chi connectivity index (χ1) is 9.58. The van der Waals surface area contributed by atoms with Crippen molar-refractivity contribution < 1.29 is 13.9 Å². The Kier molecular flexibility index (Phi) is 6.93. The second-order valence-electron chi connectivity index (χ2n) is 4.75. The highest BCUT2D eigenvalue weighted by molar-refractivity contribution is 5.98. The molecule has 1 aromatic rings. The Hall–Kier alpha value is -1.69. The van der Waals surface area contributed by atoms with Crippen molar-refractivity contribution in [2.75, 3.05) is 32.1 Å². The van der Waals surface area contributed by atoms with E-state index >= 15 is 0 Å². The number of halogens is 1. The molecule has 1 unspecified atom stereocenters. The summed E-state index contributed by atoms with van der Waals surface area (Å²) in [4.78, 5) is 16.0. The smallest absolute Gasteiger partial charge is 0.255 e. The van der Waals surface area contributed by atoms with E-state index in [0.29, 0.717) is 25.5 Å². The molecule has 0 bridgehead atoms. The van der Waals surface area contributed by atoms with Crippen LogP contribution in [0.1, 0.15) is 30.6 Å². The average Bonchev–Trinajstić information content (AvgIpc) is 2.43. The van der Waals surface area contributed by atoms with E-state index in [1.54, 1.807) is 7.11 Å². The number of hydrogen-bond acceptors (Lipinski definition) is 4. The van der Waals surface area contributed by atoms with Crippen LogP contribution in [0, 0.1) is 11.7 Å². The molecule has 0 aliphatic rings. The van der Waals surface area contributed by atoms with Gasteiger partial charge in [0.05, 0.1) is 18.4 Å². The monoisotopic (exact) mass is 283 g/mol. The maximum absolute atomic E-state index is 13.3. The summed E-state index contributed by atoms with van der Waals surface area (Å²) in [7, 11) is 1.61. The van der Waals surface area contributed by atoms with E-state index in [0.717, 1.165) is 12.6 Å². The Morgan fingerprint density at radius 2 is 2.30 bits per heavy atom. The SMILES string of the molecule is CCCNc1ncc(F)cc1C(=O)NCC(C)COC. The fraction of sp³-hybridized carbons (Fsp3) is 0.571. The lowest BCUT2D eigenvalue weighted by Gasteiger charge is -2.13. The molecule has 0 spiro atoms. The minimum absolute atomic E-state index is 0.192. The number of carbonyl (C=O) groups is 1. The van der Waals surface area contributed by atoms with Crippen molar-refractivity contribution >= 4 is 11.7 Å². The highest BCUT2D eigenvalue weighted by Crippen LogP contribution is 2.13. The van der Waals surface area contributed by atoms with Crippen LogP contribution in [0.4, 0.5) is 10.2 Å². The number of hydrogen-bond donors (Lipinski definition) is 2. The third-order valence-corrected chi connectivity index (χ3v) is 2.70. The largest absolute Gasteiger partial charge is 0.384 e. The topological polar surface area (TPSA) is 63.2 Å². The Morgan fingerprint density at radius 3 is 2.95 bits per heavy atom. The molecule has 1 rings (SSSR count). The zero-order chi connectivity index (χ0) is 15.0. The summed E-state index contributed by atoms with van der Waals surface area (Å²) in [5.74, 6) is -0.261. The van der Waals surface area contributed by atoms with Crippen molar-refractivity contribution in [1.82, 2.24) is 10.3 Å². The fourth-order valence-electron chi connectivity index (χ4n) is 1.70. The molecule has 0 radical (unpaired) electrons. The maximum Gasteiger partial charge on any atom is 0.255 e. The Bertz CT molecular complexity index is 440. The van der Waals surface area contributed by atoms with Crippen LogP contribution < -0.4 is 10.6 Å². The van der Waals surface area contributed by atoms with Gasteiger partial charge in [0, 0.05) is 20.2 Å². The van der Waals surface area contributed by atoms with Crippen molar-refractivity contribution in [1.29, 1.82) is 0 Å². The van der Waals surface area contributed by atoms with Crippen LogP contribution in [0.3, 0.4) is 0 Å². The van der Waals surface area contributed by atoms with Gasteiger partial charge in [0.2, 0.25) is 0 Å². The summed E-state index contributed by atoms with van der Waals surface area (Å²) in [5, 5.41) is 5.78. The number of aromatic nitrogens is 1. The van der Waals surface area contributed by atoms with Crippen LogP contribution in [0.25, 0.3) is 0 Å². The van der Waals surface area contributed by atoms with E-state index in [1.807, 2.05) is 13.8 Å². The van der Waals surface area contributed by atoms with Crippen LogP contribution in [-0.2, 0) is 4.74 Å². The number of amides is 1. The van der Waals surface area contributed by atoms with Crippen molar-refractivity contribution in [2.24, 2.45) is 5.92 Å². The molecule has 6 heteroatoms. The molecule has 0 fully saturated rings. The summed E-state index contributed by atoms with van der Waals surface area (Å²) >= 11 is 0. The van der Waals surface area contributed by atoms with Gasteiger partial charge in [-0.2, -0.15) is 0 Å². The van der Waals surface area contributed by atoms with Gasteiger partial charge < -0.3 is 15.4 Å². The second kappa shape index (κ2) is 8.47. The van der Waals surface area contributed by atoms with Gasteiger partial charge in [-0.05, 0) is 18.4 Å². The van der Waals surface area contributed by atoms with Gasteiger partial charge in [0.25, 0.3) is 5.91 Å². The molecule has 2 N–H and O–H groups in total. The number of rotatable bonds is 8. The van der Waals surface area contributed by atoms with Crippen LogP contribution >= 0.6 is 0 Å². The average molecular weight is 283 g/mol. The minimum atomic E-state index is -0.526. The lowest BCUT2D eigenvalue weighted by molar-refractivity contribution is 0.0934. The molecule has 1 atom stereocenters. The molecule has 1 heterocycles. The van der Waals surface area contributed by atoms with Gasteiger partial charge >= 0.3 is 0 Å². The Labute approximate surface area is 118 Å². The molecule has 1 amide bonds. The zero-order valence-corrected chi connectivity index (χ0v) is 12.2. The van der Waals surface area contributed by atoms with E-state index in [2.05, 4.69) is 15.6 Å². The van der Waals surface area contributed by atoms with Crippen LogP contribution in [0.15, 0.2) is 12.3 Å². The van der Waals surface area contributed by atoms with Crippen LogP contribution in [0.2, 0.25) is 0 Å². The van der Waals surface area contributed by atoms with E-state index in [-0.39, 0.29) is 17.4 Å². The number of carbonyl (C=O) groups excluding carboxylic acids is 1. The van der Waals surface area contributed by atoms with Gasteiger partial charge in [0.15, 0.2) is 0 Å². The first-order valence-corrected chi connectivity index (χ1v) is 6.75. The molecule has 112 valence electrons. The molecule has 1 aromatic heterocycles. The van der Waals surface area contributed by atoms with E-state index in [4.69, 9.17) is 4.74 Å². The number of nitrogens with zero attached hydrogens (tertiary/aromatic N) is 1. The standard InChI is InChI=1S/C14H22FN3O2/c1-4-5-16-13-12(6-11(15)8-17-13)14(19)18-7-10(2)9-20-3/h6,8,10H,4-5,7,9H2,1-3H3,(H,16,17)(H,18,19). The summed E-state index contributed by atoms with van der Waals surface area (Å²) in [6, 6.07) is 1.20. The molecular formula is C14H22FN3O2. The van der Waals surface area contributed by atoms with E-state index in [9.17, 15) is 9.18 Å². The van der Waals surface area contributed by atoms with Gasteiger partial charge in [-0.1, -0.05) is 13.8 Å². The summed E-state index contributed by atoms with van der Waals surface area (Å²) in [6.45, 7) is 5.67. The molecular weight excluding hydrogens is 261 g/mol. The first kappa shape index (κ1) is 16.4. The van der Waals surface area contributed by atoms with Crippen molar-refractivity contribution in [3.63, 3.8) is 0 Å². The summed E-state index contributed by atoms with van der Waals surface area (Å²) in [6.07, 6.45) is 1.99. The predicted molar refractivity (Wildman–Crippen MR) is 76.3 cm³/mol. The minimum Gasteiger partial charge on any atom is -0.384 e. The molecule has 0 aliphatic heterocycles. The van der Waals surface area contributed by atoms with Gasteiger partial charge in [0.1, 0.15) is 11.6 Å². The van der Waals surface area contributed by atoms with Crippen LogP contribution in [-0.4, -0.2) is 37.7 Å². The molecule has 0 saturated heterocycles. The molecule has 5 nitrogen and oxygen atoms in total. The summed E-state index contributed by atoms with van der Waals surface area (Å²) < 4.78 is 18.3. The third-order valence-electron chi connectivity index (χ3n) is 2.70. The van der Waals surface area contributed by atoms with Gasteiger partial charge in [-0.25, -0.2) is 9.37 Å².